The molecule has 1 N–H and O–H groups in total. The summed E-state index contributed by atoms with van der Waals surface area (Å²) in [6, 6.07) is 4.95. The monoisotopic (exact) mass is 423 g/mol. The van der Waals surface area contributed by atoms with E-state index in [0.29, 0.717) is 32.3 Å². The highest BCUT2D eigenvalue weighted by atomic mass is 79.9. The number of nitrogens with zero attached hydrogens (tertiary/aromatic N) is 3. The van der Waals surface area contributed by atoms with Crippen LogP contribution < -0.4 is 0 Å². The van der Waals surface area contributed by atoms with E-state index in [1.165, 1.54) is 0 Å². The molecular weight excluding hydrogens is 414 g/mol. The van der Waals surface area contributed by atoms with Gasteiger partial charge in [-0.05, 0) is 56.5 Å². The fourth-order valence-electron chi connectivity index (χ4n) is 2.27. The molecule has 5 nitrogen and oxygen atoms in total. The van der Waals surface area contributed by atoms with E-state index >= 15 is 0 Å². The Labute approximate surface area is 143 Å². The summed E-state index contributed by atoms with van der Waals surface area (Å²) < 4.78 is 2.60. The number of hydrogen-bond acceptors (Lipinski definition) is 4. The molecule has 0 saturated heterocycles. The van der Waals surface area contributed by atoms with Crippen molar-refractivity contribution in [2.24, 2.45) is 0 Å². The van der Waals surface area contributed by atoms with Crippen molar-refractivity contribution in [1.82, 2.24) is 14.4 Å². The number of aromatic hydroxyl groups is 1. The van der Waals surface area contributed by atoms with Crippen molar-refractivity contribution in [1.29, 1.82) is 0 Å². The number of ketones is 1. The first-order valence-electron chi connectivity index (χ1n) is 6.56. The van der Waals surface area contributed by atoms with E-state index in [9.17, 15) is 9.90 Å². The third-order valence-electron chi connectivity index (χ3n) is 3.33. The van der Waals surface area contributed by atoms with Crippen LogP contribution in [-0.2, 0) is 6.42 Å². The van der Waals surface area contributed by atoms with Gasteiger partial charge in [0.05, 0.1) is 14.6 Å². The standard InChI is InChI=1S/C15H11Br2N3O2/c1-2-11-13(20-7-18-4-3-12(20)19-11)14(21)8-5-9(16)15(22)10(17)6-8/h3-7,22H,2H2,1H3. The highest BCUT2D eigenvalue weighted by Gasteiger charge is 2.21. The zero-order valence-electron chi connectivity index (χ0n) is 11.5. The quantitative estimate of drug-likeness (QED) is 0.650. The maximum Gasteiger partial charge on any atom is 0.211 e. The number of rotatable bonds is 3. The molecule has 1 aromatic carbocycles. The van der Waals surface area contributed by atoms with Crippen LogP contribution in [-0.4, -0.2) is 25.3 Å². The maximum atomic E-state index is 12.9. The van der Waals surface area contributed by atoms with Gasteiger partial charge in [0.25, 0.3) is 0 Å². The molecule has 22 heavy (non-hydrogen) atoms. The van der Waals surface area contributed by atoms with Crippen molar-refractivity contribution < 1.29 is 9.90 Å². The number of aromatic nitrogens is 3. The number of imidazole rings is 1. The summed E-state index contributed by atoms with van der Waals surface area (Å²) in [5, 5.41) is 9.78. The number of halogens is 2. The predicted molar refractivity (Wildman–Crippen MR) is 89.3 cm³/mol. The number of carbonyl (C=O) groups is 1. The molecule has 0 amide bonds. The van der Waals surface area contributed by atoms with Crippen molar-refractivity contribution in [3.8, 4) is 5.75 Å². The number of phenols is 1. The van der Waals surface area contributed by atoms with Gasteiger partial charge in [-0.25, -0.2) is 9.97 Å². The minimum absolute atomic E-state index is 0.0621. The molecular formula is C15H11Br2N3O2. The summed E-state index contributed by atoms with van der Waals surface area (Å²) in [6.07, 6.45) is 3.87. The number of aryl methyl sites for hydroxylation is 1. The lowest BCUT2D eigenvalue weighted by Gasteiger charge is -2.06. The van der Waals surface area contributed by atoms with Crippen molar-refractivity contribution in [3.63, 3.8) is 0 Å². The molecule has 0 fully saturated rings. The molecule has 0 atom stereocenters. The Bertz CT molecular complexity index is 867. The summed E-state index contributed by atoms with van der Waals surface area (Å²) >= 11 is 6.49. The van der Waals surface area contributed by atoms with E-state index in [0.717, 1.165) is 5.69 Å². The molecule has 0 unspecified atom stereocenters. The summed E-state index contributed by atoms with van der Waals surface area (Å²) in [5.74, 6) is -0.106. The number of hydrogen-bond donors (Lipinski definition) is 1. The maximum absolute atomic E-state index is 12.9. The van der Waals surface area contributed by atoms with Gasteiger partial charge in [-0.15, -0.1) is 0 Å². The van der Waals surface area contributed by atoms with Crippen LogP contribution in [0.4, 0.5) is 0 Å². The lowest BCUT2D eigenvalue weighted by molar-refractivity contribution is 0.103. The number of benzene rings is 1. The van der Waals surface area contributed by atoms with E-state index < -0.39 is 0 Å². The van der Waals surface area contributed by atoms with Gasteiger partial charge in [0.15, 0.2) is 0 Å². The highest BCUT2D eigenvalue weighted by molar-refractivity contribution is 9.11. The lowest BCUT2D eigenvalue weighted by atomic mass is 10.1. The molecule has 7 heteroatoms. The van der Waals surface area contributed by atoms with Crippen LogP contribution in [0.5, 0.6) is 5.75 Å². The van der Waals surface area contributed by atoms with Gasteiger partial charge in [0.1, 0.15) is 23.4 Å². The van der Waals surface area contributed by atoms with Crippen LogP contribution in [0.25, 0.3) is 5.65 Å². The van der Waals surface area contributed by atoms with Crippen LogP contribution in [0.2, 0.25) is 0 Å². The minimum atomic E-state index is -0.168. The lowest BCUT2D eigenvalue weighted by Crippen LogP contribution is -2.08. The average Bonchev–Trinajstić information content (AvgIpc) is 2.89. The fourth-order valence-corrected chi connectivity index (χ4v) is 3.45. The normalized spacial score (nSPS) is 11.0. The SMILES string of the molecule is CCc1nc2ccncn2c1C(=O)c1cc(Br)c(O)c(Br)c1. The van der Waals surface area contributed by atoms with Crippen LogP contribution in [0.1, 0.15) is 28.7 Å². The summed E-state index contributed by atoms with van der Waals surface area (Å²) in [4.78, 5) is 21.4. The Balaban J connectivity index is 2.21. The summed E-state index contributed by atoms with van der Waals surface area (Å²) in [6.45, 7) is 1.95. The van der Waals surface area contributed by atoms with Crippen LogP contribution in [0, 0.1) is 0 Å². The number of phenolic OH excluding ortho intramolecular Hbond substituents is 1. The second kappa shape index (κ2) is 5.81. The fraction of sp³-hybridized carbons (Fsp3) is 0.133. The highest BCUT2D eigenvalue weighted by Crippen LogP contribution is 2.34. The minimum Gasteiger partial charge on any atom is -0.506 e. The molecule has 2 aromatic heterocycles. The molecule has 0 spiro atoms. The molecule has 0 saturated carbocycles. The van der Waals surface area contributed by atoms with Crippen LogP contribution in [0.15, 0.2) is 39.7 Å². The Morgan fingerprint density at radius 2 is 2.00 bits per heavy atom. The van der Waals surface area contributed by atoms with Gasteiger partial charge in [0, 0.05) is 11.8 Å². The van der Waals surface area contributed by atoms with Crippen molar-refractivity contribution >= 4 is 43.3 Å². The zero-order chi connectivity index (χ0) is 15.9. The number of carbonyl (C=O) groups excluding carboxylic acids is 1. The molecule has 2 heterocycles. The molecule has 3 rings (SSSR count). The first-order valence-corrected chi connectivity index (χ1v) is 8.15. The van der Waals surface area contributed by atoms with Gasteiger partial charge < -0.3 is 5.11 Å². The van der Waals surface area contributed by atoms with E-state index in [2.05, 4.69) is 41.8 Å². The third kappa shape index (κ3) is 2.44. The molecule has 3 aromatic rings. The average molecular weight is 425 g/mol. The van der Waals surface area contributed by atoms with Crippen LogP contribution >= 0.6 is 31.9 Å². The van der Waals surface area contributed by atoms with Crippen molar-refractivity contribution in [2.75, 3.05) is 0 Å². The topological polar surface area (TPSA) is 67.5 Å². The molecule has 0 aliphatic heterocycles. The zero-order valence-corrected chi connectivity index (χ0v) is 14.7. The Morgan fingerprint density at radius 1 is 1.32 bits per heavy atom. The second-order valence-electron chi connectivity index (χ2n) is 4.69. The van der Waals surface area contributed by atoms with Gasteiger partial charge >= 0.3 is 0 Å². The molecule has 0 aliphatic carbocycles. The van der Waals surface area contributed by atoms with Crippen LogP contribution in [0.3, 0.4) is 0 Å². The summed E-state index contributed by atoms with van der Waals surface area (Å²) in [5.41, 5.74) is 2.36. The first kappa shape index (κ1) is 15.2. The van der Waals surface area contributed by atoms with E-state index in [1.54, 1.807) is 35.1 Å². The second-order valence-corrected chi connectivity index (χ2v) is 6.40. The Kier molecular flexibility index (Phi) is 4.01. The van der Waals surface area contributed by atoms with Crippen molar-refractivity contribution in [2.45, 2.75) is 13.3 Å². The first-order chi connectivity index (χ1) is 10.5. The largest absolute Gasteiger partial charge is 0.506 e. The van der Waals surface area contributed by atoms with Gasteiger partial charge in [-0.3, -0.25) is 9.20 Å². The molecule has 0 bridgehead atoms. The van der Waals surface area contributed by atoms with Gasteiger partial charge in [-0.2, -0.15) is 0 Å². The Hall–Kier alpha value is -1.73. The van der Waals surface area contributed by atoms with Gasteiger partial charge in [0.2, 0.25) is 5.78 Å². The third-order valence-corrected chi connectivity index (χ3v) is 4.54. The molecule has 0 radical (unpaired) electrons. The van der Waals surface area contributed by atoms with E-state index in [4.69, 9.17) is 0 Å². The molecule has 0 aliphatic rings. The van der Waals surface area contributed by atoms with E-state index in [-0.39, 0.29) is 11.5 Å². The smallest absolute Gasteiger partial charge is 0.211 e. The predicted octanol–water partition coefficient (Wildman–Crippen LogP) is 3.75. The van der Waals surface area contributed by atoms with E-state index in [1.807, 2.05) is 6.92 Å². The van der Waals surface area contributed by atoms with Gasteiger partial charge in [-0.1, -0.05) is 6.92 Å². The molecule has 112 valence electrons. The number of fused-ring (bicyclic) bond motifs is 1. The summed E-state index contributed by atoms with van der Waals surface area (Å²) in [7, 11) is 0. The van der Waals surface area contributed by atoms with Crippen molar-refractivity contribution in [3.05, 3.63) is 56.6 Å². The Morgan fingerprint density at radius 3 is 2.64 bits per heavy atom.